The Kier molecular flexibility index (Phi) is 5.87. The van der Waals surface area contributed by atoms with Crippen molar-refractivity contribution in [3.8, 4) is 0 Å². The first-order valence-electron chi connectivity index (χ1n) is 7.82. The molecule has 0 saturated carbocycles. The average Bonchev–Trinajstić information content (AvgIpc) is 2.63. The Bertz CT molecular complexity index is 375. The van der Waals surface area contributed by atoms with Gasteiger partial charge >= 0.3 is 0 Å². The molecule has 1 atom stereocenters. The quantitative estimate of drug-likeness (QED) is 0.871. The molecule has 1 aromatic carbocycles. The molecule has 2 rings (SSSR count). The smallest absolute Gasteiger partial charge is 0.0239 e. The largest absolute Gasteiger partial charge is 0.313 e. The average molecular weight is 260 g/mol. The molecule has 0 amide bonds. The molecule has 0 aliphatic carbocycles. The van der Waals surface area contributed by atoms with Crippen LogP contribution >= 0.6 is 0 Å². The van der Waals surface area contributed by atoms with Gasteiger partial charge in [0.15, 0.2) is 0 Å². The van der Waals surface area contributed by atoms with E-state index < -0.39 is 0 Å². The van der Waals surface area contributed by atoms with Crippen molar-refractivity contribution >= 4 is 0 Å². The molecule has 1 heterocycles. The molecule has 1 fully saturated rings. The SMILES string of the molecule is CCNCc1ccccc1CN1CCCCCC1C. The van der Waals surface area contributed by atoms with Crippen molar-refractivity contribution in [3.05, 3.63) is 35.4 Å². The fraction of sp³-hybridized carbons (Fsp3) is 0.647. The standard InChI is InChI=1S/C17H28N2/c1-3-18-13-16-10-6-7-11-17(16)14-19-12-8-4-5-9-15(19)2/h6-7,10-11,15,18H,3-5,8-9,12-14H2,1-2H3. The third-order valence-corrected chi connectivity index (χ3v) is 4.25. The van der Waals surface area contributed by atoms with Gasteiger partial charge in [0, 0.05) is 19.1 Å². The van der Waals surface area contributed by atoms with E-state index in [0.29, 0.717) is 0 Å². The zero-order valence-electron chi connectivity index (χ0n) is 12.5. The fourth-order valence-corrected chi connectivity index (χ4v) is 2.93. The Morgan fingerprint density at radius 1 is 1.16 bits per heavy atom. The fourth-order valence-electron chi connectivity index (χ4n) is 2.93. The summed E-state index contributed by atoms with van der Waals surface area (Å²) in [5.41, 5.74) is 2.96. The second-order valence-electron chi connectivity index (χ2n) is 5.72. The molecule has 2 heteroatoms. The number of hydrogen-bond acceptors (Lipinski definition) is 2. The summed E-state index contributed by atoms with van der Waals surface area (Å²) in [6.07, 6.45) is 5.52. The van der Waals surface area contributed by atoms with Crippen molar-refractivity contribution < 1.29 is 0 Å². The lowest BCUT2D eigenvalue weighted by Crippen LogP contribution is -2.32. The number of rotatable bonds is 5. The van der Waals surface area contributed by atoms with Gasteiger partial charge in [0.1, 0.15) is 0 Å². The van der Waals surface area contributed by atoms with Crippen LogP contribution in [-0.4, -0.2) is 24.0 Å². The van der Waals surface area contributed by atoms with E-state index in [2.05, 4.69) is 48.3 Å². The van der Waals surface area contributed by atoms with Crippen LogP contribution in [0.15, 0.2) is 24.3 Å². The van der Waals surface area contributed by atoms with Crippen LogP contribution in [0, 0.1) is 0 Å². The highest BCUT2D eigenvalue weighted by Crippen LogP contribution is 2.20. The molecule has 0 radical (unpaired) electrons. The van der Waals surface area contributed by atoms with E-state index in [-0.39, 0.29) is 0 Å². The third kappa shape index (κ3) is 4.32. The Labute approximate surface area is 118 Å². The Balaban J connectivity index is 2.04. The molecule has 0 bridgehead atoms. The summed E-state index contributed by atoms with van der Waals surface area (Å²) < 4.78 is 0. The first-order valence-corrected chi connectivity index (χ1v) is 7.82. The van der Waals surface area contributed by atoms with Crippen LogP contribution in [0.4, 0.5) is 0 Å². The Morgan fingerprint density at radius 2 is 1.95 bits per heavy atom. The molecule has 2 nitrogen and oxygen atoms in total. The minimum Gasteiger partial charge on any atom is -0.313 e. The minimum absolute atomic E-state index is 0.731. The summed E-state index contributed by atoms with van der Waals surface area (Å²) in [4.78, 5) is 2.66. The monoisotopic (exact) mass is 260 g/mol. The lowest BCUT2D eigenvalue weighted by atomic mass is 10.1. The maximum Gasteiger partial charge on any atom is 0.0239 e. The predicted octanol–water partition coefficient (Wildman–Crippen LogP) is 3.56. The van der Waals surface area contributed by atoms with Gasteiger partial charge in [-0.25, -0.2) is 0 Å². The van der Waals surface area contributed by atoms with E-state index in [0.717, 1.165) is 25.7 Å². The summed E-state index contributed by atoms with van der Waals surface area (Å²) in [5, 5.41) is 3.45. The second kappa shape index (κ2) is 7.66. The molecule has 1 unspecified atom stereocenters. The van der Waals surface area contributed by atoms with Crippen LogP contribution < -0.4 is 5.32 Å². The summed E-state index contributed by atoms with van der Waals surface area (Å²) >= 11 is 0. The minimum atomic E-state index is 0.731. The van der Waals surface area contributed by atoms with Crippen LogP contribution in [0.2, 0.25) is 0 Å². The van der Waals surface area contributed by atoms with E-state index in [1.807, 2.05) is 0 Å². The van der Waals surface area contributed by atoms with E-state index in [4.69, 9.17) is 0 Å². The summed E-state index contributed by atoms with van der Waals surface area (Å²) in [5.74, 6) is 0. The number of hydrogen-bond donors (Lipinski definition) is 1. The van der Waals surface area contributed by atoms with Gasteiger partial charge in [0.05, 0.1) is 0 Å². The Hall–Kier alpha value is -0.860. The highest BCUT2D eigenvalue weighted by molar-refractivity contribution is 5.27. The summed E-state index contributed by atoms with van der Waals surface area (Å²) in [7, 11) is 0. The molecule has 1 N–H and O–H groups in total. The van der Waals surface area contributed by atoms with Crippen LogP contribution in [0.3, 0.4) is 0 Å². The van der Waals surface area contributed by atoms with Crippen molar-refractivity contribution in [2.75, 3.05) is 13.1 Å². The summed E-state index contributed by atoms with van der Waals surface area (Å²) in [6, 6.07) is 9.62. The van der Waals surface area contributed by atoms with E-state index in [9.17, 15) is 0 Å². The molecular weight excluding hydrogens is 232 g/mol. The van der Waals surface area contributed by atoms with E-state index in [1.165, 1.54) is 43.4 Å². The van der Waals surface area contributed by atoms with Gasteiger partial charge in [0.25, 0.3) is 0 Å². The van der Waals surface area contributed by atoms with Gasteiger partial charge in [-0.3, -0.25) is 4.90 Å². The molecule has 0 spiro atoms. The van der Waals surface area contributed by atoms with Crippen molar-refractivity contribution in [2.45, 2.75) is 58.7 Å². The zero-order valence-corrected chi connectivity index (χ0v) is 12.5. The number of nitrogens with zero attached hydrogens (tertiary/aromatic N) is 1. The first-order chi connectivity index (χ1) is 9.31. The third-order valence-electron chi connectivity index (χ3n) is 4.25. The first kappa shape index (κ1) is 14.5. The van der Waals surface area contributed by atoms with Crippen molar-refractivity contribution in [3.63, 3.8) is 0 Å². The molecule has 1 aliphatic rings. The van der Waals surface area contributed by atoms with E-state index in [1.54, 1.807) is 0 Å². The van der Waals surface area contributed by atoms with Gasteiger partial charge in [0.2, 0.25) is 0 Å². The zero-order chi connectivity index (χ0) is 13.5. The molecule has 0 aromatic heterocycles. The van der Waals surface area contributed by atoms with E-state index >= 15 is 0 Å². The van der Waals surface area contributed by atoms with Crippen LogP contribution in [0.1, 0.15) is 50.7 Å². The molecule has 1 aromatic rings. The molecular formula is C17H28N2. The Morgan fingerprint density at radius 3 is 2.74 bits per heavy atom. The molecule has 106 valence electrons. The number of nitrogens with one attached hydrogen (secondary N) is 1. The predicted molar refractivity (Wildman–Crippen MR) is 82.2 cm³/mol. The summed E-state index contributed by atoms with van der Waals surface area (Å²) in [6.45, 7) is 8.96. The molecule has 19 heavy (non-hydrogen) atoms. The molecule has 1 aliphatic heterocycles. The van der Waals surface area contributed by atoms with Crippen LogP contribution in [0.25, 0.3) is 0 Å². The van der Waals surface area contributed by atoms with Gasteiger partial charge in [-0.1, -0.05) is 44.0 Å². The van der Waals surface area contributed by atoms with Gasteiger partial charge in [-0.15, -0.1) is 0 Å². The highest BCUT2D eigenvalue weighted by atomic mass is 15.1. The number of likely N-dealkylation sites (tertiary alicyclic amines) is 1. The van der Waals surface area contributed by atoms with Crippen molar-refractivity contribution in [2.24, 2.45) is 0 Å². The van der Waals surface area contributed by atoms with Crippen LogP contribution in [-0.2, 0) is 13.1 Å². The maximum atomic E-state index is 3.45. The van der Waals surface area contributed by atoms with Gasteiger partial charge in [-0.2, -0.15) is 0 Å². The normalized spacial score (nSPS) is 21.3. The van der Waals surface area contributed by atoms with Gasteiger partial charge < -0.3 is 5.32 Å². The molecule has 1 saturated heterocycles. The topological polar surface area (TPSA) is 15.3 Å². The highest BCUT2D eigenvalue weighted by Gasteiger charge is 2.17. The maximum absolute atomic E-state index is 3.45. The van der Waals surface area contributed by atoms with Crippen molar-refractivity contribution in [1.82, 2.24) is 10.2 Å². The number of benzene rings is 1. The lowest BCUT2D eigenvalue weighted by molar-refractivity contribution is 0.204. The van der Waals surface area contributed by atoms with Crippen molar-refractivity contribution in [1.29, 1.82) is 0 Å². The van der Waals surface area contributed by atoms with Crippen LogP contribution in [0.5, 0.6) is 0 Å². The lowest BCUT2D eigenvalue weighted by Gasteiger charge is -2.28. The second-order valence-corrected chi connectivity index (χ2v) is 5.72. The van der Waals surface area contributed by atoms with Gasteiger partial charge in [-0.05, 0) is 44.0 Å².